The zero-order chi connectivity index (χ0) is 14.1. The third-order valence-corrected chi connectivity index (χ3v) is 4.51. The molecule has 2 aromatic rings. The molecular formula is C18H20ClN. The van der Waals surface area contributed by atoms with E-state index in [2.05, 4.69) is 24.3 Å². The van der Waals surface area contributed by atoms with Crippen LogP contribution in [0.2, 0.25) is 5.02 Å². The highest BCUT2D eigenvalue weighted by Crippen LogP contribution is 2.33. The predicted molar refractivity (Wildman–Crippen MR) is 86.1 cm³/mol. The first-order chi connectivity index (χ1) is 9.65. The van der Waals surface area contributed by atoms with Gasteiger partial charge in [0, 0.05) is 16.6 Å². The van der Waals surface area contributed by atoms with Crippen LogP contribution in [0, 0.1) is 0 Å². The van der Waals surface area contributed by atoms with Crippen LogP contribution in [0.15, 0.2) is 36.4 Å². The average molecular weight is 286 g/mol. The summed E-state index contributed by atoms with van der Waals surface area (Å²) in [4.78, 5) is 0. The molecule has 0 aromatic heterocycles. The van der Waals surface area contributed by atoms with Gasteiger partial charge in [-0.25, -0.2) is 0 Å². The maximum absolute atomic E-state index is 6.38. The molecule has 1 aliphatic rings. The zero-order valence-electron chi connectivity index (χ0n) is 11.8. The Kier molecular flexibility index (Phi) is 3.82. The number of benzene rings is 2. The van der Waals surface area contributed by atoms with E-state index in [0.717, 1.165) is 16.1 Å². The van der Waals surface area contributed by atoms with Gasteiger partial charge < -0.3 is 5.73 Å². The smallest absolute Gasteiger partial charge is 0.0484 e. The molecule has 1 unspecified atom stereocenters. The van der Waals surface area contributed by atoms with Gasteiger partial charge >= 0.3 is 0 Å². The first-order valence-corrected chi connectivity index (χ1v) is 7.70. The van der Waals surface area contributed by atoms with Crippen molar-refractivity contribution in [1.82, 2.24) is 0 Å². The summed E-state index contributed by atoms with van der Waals surface area (Å²) in [6.45, 7) is 2.00. The van der Waals surface area contributed by atoms with Gasteiger partial charge in [-0.15, -0.1) is 0 Å². The van der Waals surface area contributed by atoms with E-state index in [4.69, 9.17) is 17.3 Å². The van der Waals surface area contributed by atoms with E-state index in [1.807, 2.05) is 19.1 Å². The minimum Gasteiger partial charge on any atom is -0.324 e. The standard InChI is InChI=1S/C18H20ClN/c1-12(20)14-8-9-18(19)17(11-14)16-7-6-13-4-2-3-5-15(13)10-16/h6-12H,2-5,20H2,1H3. The van der Waals surface area contributed by atoms with E-state index < -0.39 is 0 Å². The molecule has 3 rings (SSSR count). The van der Waals surface area contributed by atoms with E-state index in [1.165, 1.54) is 42.4 Å². The molecule has 20 heavy (non-hydrogen) atoms. The molecule has 1 nitrogen and oxygen atoms in total. The molecule has 0 radical (unpaired) electrons. The molecule has 1 atom stereocenters. The lowest BCUT2D eigenvalue weighted by molar-refractivity contribution is 0.686. The van der Waals surface area contributed by atoms with Crippen molar-refractivity contribution < 1.29 is 0 Å². The van der Waals surface area contributed by atoms with Crippen LogP contribution in [0.1, 0.15) is 42.5 Å². The normalized spacial score (nSPS) is 15.8. The highest BCUT2D eigenvalue weighted by molar-refractivity contribution is 6.33. The van der Waals surface area contributed by atoms with E-state index in [9.17, 15) is 0 Å². The largest absolute Gasteiger partial charge is 0.324 e. The second kappa shape index (κ2) is 5.59. The van der Waals surface area contributed by atoms with E-state index >= 15 is 0 Å². The Morgan fingerprint density at radius 3 is 2.50 bits per heavy atom. The Morgan fingerprint density at radius 1 is 1.00 bits per heavy atom. The Bertz CT molecular complexity index is 631. The SMILES string of the molecule is CC(N)c1ccc(Cl)c(-c2ccc3c(c2)CCCC3)c1. The van der Waals surface area contributed by atoms with Crippen LogP contribution in [0.3, 0.4) is 0 Å². The van der Waals surface area contributed by atoms with Gasteiger partial charge in [0.1, 0.15) is 0 Å². The lowest BCUT2D eigenvalue weighted by Gasteiger charge is -2.17. The Hall–Kier alpha value is -1.31. The molecule has 0 saturated carbocycles. The number of halogens is 1. The maximum atomic E-state index is 6.38. The first-order valence-electron chi connectivity index (χ1n) is 7.32. The number of aryl methyl sites for hydroxylation is 2. The third-order valence-electron chi connectivity index (χ3n) is 4.18. The van der Waals surface area contributed by atoms with Crippen LogP contribution in [0.25, 0.3) is 11.1 Å². The fourth-order valence-corrected chi connectivity index (χ4v) is 3.17. The Morgan fingerprint density at radius 2 is 1.75 bits per heavy atom. The fourth-order valence-electron chi connectivity index (χ4n) is 2.95. The number of hydrogen-bond acceptors (Lipinski definition) is 1. The van der Waals surface area contributed by atoms with Crippen molar-refractivity contribution in [3.63, 3.8) is 0 Å². The molecule has 0 bridgehead atoms. The van der Waals surface area contributed by atoms with Crippen LogP contribution in [-0.2, 0) is 12.8 Å². The summed E-state index contributed by atoms with van der Waals surface area (Å²) >= 11 is 6.38. The summed E-state index contributed by atoms with van der Waals surface area (Å²) in [6, 6.07) is 12.9. The minimum absolute atomic E-state index is 0.0312. The molecule has 0 heterocycles. The molecule has 0 aliphatic heterocycles. The molecule has 0 saturated heterocycles. The molecule has 0 spiro atoms. The van der Waals surface area contributed by atoms with Gasteiger partial charge in [0.15, 0.2) is 0 Å². The van der Waals surface area contributed by atoms with Crippen LogP contribution < -0.4 is 5.73 Å². The van der Waals surface area contributed by atoms with E-state index in [0.29, 0.717) is 0 Å². The van der Waals surface area contributed by atoms with Gasteiger partial charge in [-0.3, -0.25) is 0 Å². The van der Waals surface area contributed by atoms with Gasteiger partial charge in [0.05, 0.1) is 0 Å². The monoisotopic (exact) mass is 285 g/mol. The maximum Gasteiger partial charge on any atom is 0.0484 e. The second-order valence-electron chi connectivity index (χ2n) is 5.72. The second-order valence-corrected chi connectivity index (χ2v) is 6.13. The topological polar surface area (TPSA) is 26.0 Å². The van der Waals surface area contributed by atoms with Gasteiger partial charge in [0.2, 0.25) is 0 Å². The Labute approximate surface area is 125 Å². The summed E-state index contributed by atoms with van der Waals surface area (Å²) < 4.78 is 0. The van der Waals surface area contributed by atoms with Gasteiger partial charge in [0.25, 0.3) is 0 Å². The van der Waals surface area contributed by atoms with E-state index in [1.54, 1.807) is 0 Å². The third kappa shape index (κ3) is 2.61. The Balaban J connectivity index is 2.06. The predicted octanol–water partition coefficient (Wildman–Crippen LogP) is 4.91. The average Bonchev–Trinajstić information content (AvgIpc) is 2.47. The molecule has 2 N–H and O–H groups in total. The van der Waals surface area contributed by atoms with Crippen LogP contribution in [-0.4, -0.2) is 0 Å². The highest BCUT2D eigenvalue weighted by atomic mass is 35.5. The summed E-state index contributed by atoms with van der Waals surface area (Å²) in [5.74, 6) is 0. The van der Waals surface area contributed by atoms with Crippen molar-refractivity contribution in [2.24, 2.45) is 5.73 Å². The van der Waals surface area contributed by atoms with Crippen LogP contribution in [0.4, 0.5) is 0 Å². The molecular weight excluding hydrogens is 266 g/mol. The van der Waals surface area contributed by atoms with Crippen LogP contribution in [0.5, 0.6) is 0 Å². The summed E-state index contributed by atoms with van der Waals surface area (Å²) in [5.41, 5.74) is 12.4. The number of fused-ring (bicyclic) bond motifs is 1. The van der Waals surface area contributed by atoms with Crippen molar-refractivity contribution in [2.45, 2.75) is 38.6 Å². The van der Waals surface area contributed by atoms with Crippen molar-refractivity contribution in [1.29, 1.82) is 0 Å². The molecule has 0 amide bonds. The number of nitrogens with two attached hydrogens (primary N) is 1. The fraction of sp³-hybridized carbons (Fsp3) is 0.333. The zero-order valence-corrected chi connectivity index (χ0v) is 12.6. The van der Waals surface area contributed by atoms with Crippen LogP contribution >= 0.6 is 11.6 Å². The van der Waals surface area contributed by atoms with Crippen molar-refractivity contribution >= 4 is 11.6 Å². The summed E-state index contributed by atoms with van der Waals surface area (Å²) in [5, 5.41) is 0.796. The molecule has 1 aliphatic carbocycles. The van der Waals surface area contributed by atoms with Crippen molar-refractivity contribution in [3.8, 4) is 11.1 Å². The lowest BCUT2D eigenvalue weighted by Crippen LogP contribution is -2.05. The molecule has 0 fully saturated rings. The minimum atomic E-state index is 0.0312. The summed E-state index contributed by atoms with van der Waals surface area (Å²) in [7, 11) is 0. The van der Waals surface area contributed by atoms with E-state index in [-0.39, 0.29) is 6.04 Å². The molecule has 2 heteroatoms. The van der Waals surface area contributed by atoms with Gasteiger partial charge in [-0.2, -0.15) is 0 Å². The van der Waals surface area contributed by atoms with Crippen molar-refractivity contribution in [2.75, 3.05) is 0 Å². The lowest BCUT2D eigenvalue weighted by atomic mass is 9.89. The number of hydrogen-bond donors (Lipinski definition) is 1. The van der Waals surface area contributed by atoms with Gasteiger partial charge in [-0.1, -0.05) is 35.9 Å². The quantitative estimate of drug-likeness (QED) is 0.834. The van der Waals surface area contributed by atoms with Gasteiger partial charge in [-0.05, 0) is 67.0 Å². The molecule has 2 aromatic carbocycles. The highest BCUT2D eigenvalue weighted by Gasteiger charge is 2.12. The van der Waals surface area contributed by atoms with Crippen molar-refractivity contribution in [3.05, 3.63) is 58.1 Å². The first kappa shape index (κ1) is 13.7. The summed E-state index contributed by atoms with van der Waals surface area (Å²) in [6.07, 6.45) is 5.01. The molecule has 104 valence electrons. The number of rotatable bonds is 2.